The lowest BCUT2D eigenvalue weighted by molar-refractivity contribution is -0.119. The minimum Gasteiger partial charge on any atom is -0.457 e. The first-order valence-corrected chi connectivity index (χ1v) is 13.9. The number of anilines is 1. The monoisotopic (exact) mass is 570 g/mol. The number of rotatable bonds is 7. The molecule has 1 aliphatic heterocycles. The van der Waals surface area contributed by atoms with Gasteiger partial charge in [-0.05, 0) is 78.1 Å². The van der Waals surface area contributed by atoms with Gasteiger partial charge in [0.1, 0.15) is 11.5 Å². The Hall–Kier alpha value is -5.63. The number of esters is 1. The third-order valence-electron chi connectivity index (χ3n) is 7.31. The van der Waals surface area contributed by atoms with E-state index in [1.54, 1.807) is 18.2 Å². The molecule has 1 aromatic heterocycles. The van der Waals surface area contributed by atoms with Gasteiger partial charge < -0.3 is 24.3 Å². The Labute approximate surface area is 247 Å². The minimum absolute atomic E-state index is 0.139. The molecule has 43 heavy (non-hydrogen) atoms. The second-order valence-corrected chi connectivity index (χ2v) is 10.2. The van der Waals surface area contributed by atoms with Gasteiger partial charge >= 0.3 is 5.97 Å². The van der Waals surface area contributed by atoms with Gasteiger partial charge in [0.25, 0.3) is 5.91 Å². The fourth-order valence-corrected chi connectivity index (χ4v) is 5.38. The van der Waals surface area contributed by atoms with Crippen LogP contribution in [0.15, 0.2) is 97.1 Å². The number of para-hydroxylation sites is 2. The number of pyridine rings is 1. The first-order chi connectivity index (χ1) is 21.1. The van der Waals surface area contributed by atoms with Crippen molar-refractivity contribution in [3.8, 4) is 23.0 Å². The molecule has 0 saturated heterocycles. The maximum Gasteiger partial charge on any atom is 0.339 e. The largest absolute Gasteiger partial charge is 0.457 e. The molecule has 1 amide bonds. The number of carbonyl (C=O) groups is 2. The van der Waals surface area contributed by atoms with Crippen molar-refractivity contribution in [2.24, 2.45) is 0 Å². The van der Waals surface area contributed by atoms with Crippen molar-refractivity contribution in [3.05, 3.63) is 119 Å². The Bertz CT molecular complexity index is 1900. The van der Waals surface area contributed by atoms with E-state index in [9.17, 15) is 9.59 Å². The van der Waals surface area contributed by atoms with Gasteiger partial charge in [-0.3, -0.25) is 4.79 Å². The average Bonchev–Trinajstić information content (AvgIpc) is 3.66. The van der Waals surface area contributed by atoms with Gasteiger partial charge in [0.15, 0.2) is 18.1 Å². The van der Waals surface area contributed by atoms with Crippen molar-refractivity contribution in [1.29, 1.82) is 0 Å². The third kappa shape index (κ3) is 5.50. The fraction of sp³-hybridized carbons (Fsp3) is 0.114. The van der Waals surface area contributed by atoms with Crippen LogP contribution in [0.4, 0.5) is 5.69 Å². The van der Waals surface area contributed by atoms with Crippen LogP contribution in [0.5, 0.6) is 23.0 Å². The lowest BCUT2D eigenvalue weighted by Crippen LogP contribution is -2.21. The van der Waals surface area contributed by atoms with E-state index >= 15 is 0 Å². The van der Waals surface area contributed by atoms with Gasteiger partial charge in [0.2, 0.25) is 6.79 Å². The summed E-state index contributed by atoms with van der Waals surface area (Å²) in [6, 6.07) is 30.1. The first kappa shape index (κ1) is 26.3. The number of ether oxygens (including phenoxy) is 4. The maximum atomic E-state index is 13.5. The summed E-state index contributed by atoms with van der Waals surface area (Å²) in [6.45, 7) is -0.296. The number of nitrogens with zero attached hydrogens (tertiary/aromatic N) is 1. The number of nitrogens with one attached hydrogen (secondary N) is 1. The second-order valence-electron chi connectivity index (χ2n) is 10.2. The van der Waals surface area contributed by atoms with Crippen molar-refractivity contribution >= 4 is 40.1 Å². The average molecular weight is 571 g/mol. The molecule has 0 unspecified atom stereocenters. The molecule has 1 N–H and O–H groups in total. The van der Waals surface area contributed by atoms with Crippen LogP contribution in [0.25, 0.3) is 22.6 Å². The molecule has 2 heterocycles. The van der Waals surface area contributed by atoms with Crippen LogP contribution < -0.4 is 19.5 Å². The number of fused-ring (bicyclic) bond motifs is 3. The second kappa shape index (κ2) is 11.3. The zero-order valence-corrected chi connectivity index (χ0v) is 23.0. The summed E-state index contributed by atoms with van der Waals surface area (Å²) in [6.07, 6.45) is 3.43. The zero-order chi connectivity index (χ0) is 29.2. The molecule has 0 fully saturated rings. The summed E-state index contributed by atoms with van der Waals surface area (Å²) in [4.78, 5) is 31.1. The van der Waals surface area contributed by atoms with Crippen LogP contribution in [0.1, 0.15) is 33.6 Å². The normalized spacial score (nSPS) is 14.0. The Kier molecular flexibility index (Phi) is 6.92. The summed E-state index contributed by atoms with van der Waals surface area (Å²) in [5, 5.41) is 3.43. The molecule has 7 rings (SSSR count). The Morgan fingerprint density at radius 2 is 1.65 bits per heavy atom. The highest BCUT2D eigenvalue weighted by Gasteiger charge is 2.28. The van der Waals surface area contributed by atoms with E-state index in [2.05, 4.69) is 11.4 Å². The van der Waals surface area contributed by atoms with Crippen molar-refractivity contribution < 1.29 is 28.5 Å². The molecular formula is C35H26N2O6. The molecule has 0 radical (unpaired) electrons. The number of aromatic nitrogens is 1. The summed E-state index contributed by atoms with van der Waals surface area (Å²) < 4.78 is 22.2. The van der Waals surface area contributed by atoms with Crippen molar-refractivity contribution in [2.75, 3.05) is 18.7 Å². The topological polar surface area (TPSA) is 96.0 Å². The molecule has 0 atom stereocenters. The Morgan fingerprint density at radius 3 is 2.56 bits per heavy atom. The van der Waals surface area contributed by atoms with Gasteiger partial charge in [-0.1, -0.05) is 48.5 Å². The van der Waals surface area contributed by atoms with Crippen LogP contribution in [0.2, 0.25) is 0 Å². The van der Waals surface area contributed by atoms with Gasteiger partial charge in [-0.15, -0.1) is 0 Å². The number of allylic oxidation sites excluding steroid dienone is 1. The lowest BCUT2D eigenvalue weighted by Gasteiger charge is -2.13. The summed E-state index contributed by atoms with van der Waals surface area (Å²) in [7, 11) is 0. The summed E-state index contributed by atoms with van der Waals surface area (Å²) in [5.41, 5.74) is 5.23. The SMILES string of the molecule is O=C(COC(=O)c1c2c(nc3ccccc13)C(=Cc1cccc(Oc3ccccc3)c1)CC2)Nc1ccc2c(c1)OCO2. The molecule has 8 heteroatoms. The summed E-state index contributed by atoms with van der Waals surface area (Å²) in [5.74, 6) is 1.64. The quantitative estimate of drug-likeness (QED) is 0.210. The number of hydrogen-bond donors (Lipinski definition) is 1. The van der Waals surface area contributed by atoms with Crippen LogP contribution in [0, 0.1) is 0 Å². The number of amides is 1. The van der Waals surface area contributed by atoms with Crippen LogP contribution in [-0.4, -0.2) is 30.3 Å². The first-order valence-electron chi connectivity index (χ1n) is 13.9. The van der Waals surface area contributed by atoms with Gasteiger partial charge in [0, 0.05) is 17.1 Å². The molecule has 2 aliphatic rings. The van der Waals surface area contributed by atoms with Crippen molar-refractivity contribution in [3.63, 3.8) is 0 Å². The highest BCUT2D eigenvalue weighted by atomic mass is 16.7. The Balaban J connectivity index is 1.13. The molecule has 0 spiro atoms. The molecule has 8 nitrogen and oxygen atoms in total. The van der Waals surface area contributed by atoms with E-state index in [4.69, 9.17) is 23.9 Å². The smallest absolute Gasteiger partial charge is 0.339 e. The predicted molar refractivity (Wildman–Crippen MR) is 162 cm³/mol. The van der Waals surface area contributed by atoms with Crippen LogP contribution in [-0.2, 0) is 16.0 Å². The molecule has 0 bridgehead atoms. The zero-order valence-electron chi connectivity index (χ0n) is 23.0. The predicted octanol–water partition coefficient (Wildman–Crippen LogP) is 7.04. The van der Waals surface area contributed by atoms with E-state index in [0.717, 1.165) is 33.9 Å². The molecule has 4 aromatic carbocycles. The molecule has 212 valence electrons. The number of carbonyl (C=O) groups excluding carboxylic acids is 2. The van der Waals surface area contributed by atoms with Crippen LogP contribution in [0.3, 0.4) is 0 Å². The van der Waals surface area contributed by atoms with E-state index in [-0.39, 0.29) is 6.79 Å². The Morgan fingerprint density at radius 1 is 0.837 bits per heavy atom. The van der Waals surface area contributed by atoms with Crippen molar-refractivity contribution in [1.82, 2.24) is 4.98 Å². The molecule has 1 aliphatic carbocycles. The number of hydrogen-bond acceptors (Lipinski definition) is 7. The third-order valence-corrected chi connectivity index (χ3v) is 7.31. The van der Waals surface area contributed by atoms with Crippen molar-refractivity contribution in [2.45, 2.75) is 12.8 Å². The lowest BCUT2D eigenvalue weighted by atomic mass is 10.0. The van der Waals surface area contributed by atoms with Gasteiger partial charge in [-0.25, -0.2) is 9.78 Å². The van der Waals surface area contributed by atoms with E-state index in [1.807, 2.05) is 78.9 Å². The molecular weight excluding hydrogens is 544 g/mol. The van der Waals surface area contributed by atoms with E-state index in [1.165, 1.54) is 0 Å². The minimum atomic E-state index is -0.560. The fourth-order valence-electron chi connectivity index (χ4n) is 5.38. The maximum absolute atomic E-state index is 13.5. The van der Waals surface area contributed by atoms with E-state index < -0.39 is 18.5 Å². The van der Waals surface area contributed by atoms with Gasteiger partial charge in [-0.2, -0.15) is 0 Å². The van der Waals surface area contributed by atoms with E-state index in [0.29, 0.717) is 46.5 Å². The van der Waals surface area contributed by atoms with Gasteiger partial charge in [0.05, 0.1) is 16.8 Å². The summed E-state index contributed by atoms with van der Waals surface area (Å²) >= 11 is 0. The number of benzene rings is 4. The molecule has 5 aromatic rings. The highest BCUT2D eigenvalue weighted by Crippen LogP contribution is 2.38. The highest BCUT2D eigenvalue weighted by molar-refractivity contribution is 6.08. The molecule has 0 saturated carbocycles. The standard InChI is InChI=1S/C35H26N2O6/c38-32(36-24-14-16-30-31(19-24)42-21-41-30)20-40-35(39)33-27-11-4-5-12-29(27)37-34-23(13-15-28(33)34)17-22-7-6-10-26(18-22)43-25-8-2-1-3-9-25/h1-12,14,16-19H,13,15,20-21H2,(H,36,38). The van der Waals surface area contributed by atoms with Crippen LogP contribution >= 0.6 is 0 Å².